The Morgan fingerprint density at radius 2 is 1.65 bits per heavy atom. The van der Waals surface area contributed by atoms with Gasteiger partial charge in [-0.1, -0.05) is 56.3 Å². The molecule has 0 amide bonds. The van der Waals surface area contributed by atoms with Crippen molar-refractivity contribution in [2.75, 3.05) is 0 Å². The molecule has 0 aliphatic heterocycles. The third-order valence-electron chi connectivity index (χ3n) is 3.09. The molecule has 0 saturated carbocycles. The van der Waals surface area contributed by atoms with Crippen LogP contribution in [0.2, 0.25) is 5.02 Å². The van der Waals surface area contributed by atoms with Crippen LogP contribution in [0.25, 0.3) is 0 Å². The molecule has 0 saturated heterocycles. The van der Waals surface area contributed by atoms with E-state index >= 15 is 0 Å². The molecule has 0 aliphatic carbocycles. The number of hydrogen-bond donors (Lipinski definition) is 0. The van der Waals surface area contributed by atoms with E-state index in [0.717, 1.165) is 14.4 Å². The van der Waals surface area contributed by atoms with Crippen molar-refractivity contribution < 1.29 is 0 Å². The predicted octanol–water partition coefficient (Wildman–Crippen LogP) is 6.86. The van der Waals surface area contributed by atoms with Gasteiger partial charge in [0.15, 0.2) is 0 Å². The van der Waals surface area contributed by atoms with E-state index in [1.54, 1.807) is 11.8 Å². The van der Waals surface area contributed by atoms with Gasteiger partial charge in [-0.3, -0.25) is 0 Å². The summed E-state index contributed by atoms with van der Waals surface area (Å²) in [5, 5.41) is 0.778. The van der Waals surface area contributed by atoms with Crippen LogP contribution in [-0.2, 0) is 5.41 Å². The van der Waals surface area contributed by atoms with Crippen molar-refractivity contribution in [1.29, 1.82) is 0 Å². The summed E-state index contributed by atoms with van der Waals surface area (Å²) in [4.78, 5) is 2.29. The maximum Gasteiger partial charge on any atom is 0.0687 e. The quantitative estimate of drug-likeness (QED) is 0.557. The van der Waals surface area contributed by atoms with E-state index < -0.39 is 0 Å². The van der Waals surface area contributed by atoms with Gasteiger partial charge in [-0.2, -0.15) is 0 Å². The highest BCUT2D eigenvalue weighted by molar-refractivity contribution is 9.10. The molecular weight excluding hydrogens is 352 g/mol. The number of halogens is 2. The predicted molar refractivity (Wildman–Crippen MR) is 93.2 cm³/mol. The first-order chi connectivity index (χ1) is 9.27. The van der Waals surface area contributed by atoms with Crippen molar-refractivity contribution >= 4 is 39.3 Å². The Balaban J connectivity index is 2.27. The van der Waals surface area contributed by atoms with E-state index in [-0.39, 0.29) is 5.41 Å². The molecule has 2 aromatic rings. The van der Waals surface area contributed by atoms with Crippen molar-refractivity contribution in [2.45, 2.75) is 42.9 Å². The molecule has 0 bridgehead atoms. The van der Waals surface area contributed by atoms with Gasteiger partial charge in [-0.25, -0.2) is 0 Å². The molecule has 0 unspecified atom stereocenters. The lowest BCUT2D eigenvalue weighted by Gasteiger charge is -2.19. The van der Waals surface area contributed by atoms with Gasteiger partial charge in [-0.15, -0.1) is 0 Å². The van der Waals surface area contributed by atoms with Gasteiger partial charge in [0.1, 0.15) is 0 Å². The second kappa shape index (κ2) is 6.13. The molecule has 0 spiro atoms. The van der Waals surface area contributed by atoms with Gasteiger partial charge in [0.25, 0.3) is 0 Å². The minimum absolute atomic E-state index is 0.188. The lowest BCUT2D eigenvalue weighted by atomic mass is 9.87. The fourth-order valence-corrected chi connectivity index (χ4v) is 3.82. The fraction of sp³-hybridized carbons (Fsp3) is 0.294. The molecule has 0 N–H and O–H groups in total. The van der Waals surface area contributed by atoms with Crippen molar-refractivity contribution in [2.24, 2.45) is 0 Å². The first kappa shape index (κ1) is 15.9. The largest absolute Gasteiger partial charge is 0.0885 e. The third kappa shape index (κ3) is 3.81. The van der Waals surface area contributed by atoms with Crippen molar-refractivity contribution in [3.8, 4) is 0 Å². The van der Waals surface area contributed by atoms with Gasteiger partial charge >= 0.3 is 0 Å². The normalized spacial score (nSPS) is 11.7. The Bertz CT molecular complexity index is 612. The van der Waals surface area contributed by atoms with Crippen molar-refractivity contribution in [1.82, 2.24) is 0 Å². The molecule has 0 nitrogen and oxygen atoms in total. The molecular formula is C17H18BrClS. The van der Waals surface area contributed by atoms with Crippen LogP contribution >= 0.6 is 39.3 Å². The van der Waals surface area contributed by atoms with Crippen molar-refractivity contribution in [3.63, 3.8) is 0 Å². The minimum atomic E-state index is 0.188. The SMILES string of the molecule is Cc1cc(Br)c(Cl)c(Sc2ccc(C(C)(C)C)cc2)c1. The molecule has 0 atom stereocenters. The average molecular weight is 370 g/mol. The lowest BCUT2D eigenvalue weighted by Crippen LogP contribution is -2.10. The third-order valence-corrected chi connectivity index (χ3v) is 5.51. The Kier molecular flexibility index (Phi) is 4.88. The second-order valence-corrected chi connectivity index (χ2v) is 8.28. The van der Waals surface area contributed by atoms with Crippen LogP contribution in [0.3, 0.4) is 0 Å². The summed E-state index contributed by atoms with van der Waals surface area (Å²) in [5.74, 6) is 0. The standard InChI is InChI=1S/C17H18BrClS/c1-11-9-14(18)16(19)15(10-11)20-13-7-5-12(6-8-13)17(2,3)4/h5-10H,1-4H3. The van der Waals surface area contributed by atoms with E-state index in [0.29, 0.717) is 0 Å². The van der Waals surface area contributed by atoms with Crippen LogP contribution in [0, 0.1) is 6.92 Å². The summed E-state index contributed by atoms with van der Waals surface area (Å²) in [6.07, 6.45) is 0. The maximum absolute atomic E-state index is 6.35. The van der Waals surface area contributed by atoms with E-state index in [4.69, 9.17) is 11.6 Å². The summed E-state index contributed by atoms with van der Waals surface area (Å²) in [6, 6.07) is 12.9. The summed E-state index contributed by atoms with van der Waals surface area (Å²) >= 11 is 11.6. The smallest absolute Gasteiger partial charge is 0.0687 e. The summed E-state index contributed by atoms with van der Waals surface area (Å²) < 4.78 is 0.952. The zero-order valence-corrected chi connectivity index (χ0v) is 15.3. The molecule has 0 heterocycles. The van der Waals surface area contributed by atoms with E-state index in [2.05, 4.69) is 74.0 Å². The van der Waals surface area contributed by atoms with Gasteiger partial charge in [0, 0.05) is 14.3 Å². The lowest BCUT2D eigenvalue weighted by molar-refractivity contribution is 0.590. The van der Waals surface area contributed by atoms with Crippen LogP contribution in [0.5, 0.6) is 0 Å². The Morgan fingerprint density at radius 1 is 1.05 bits per heavy atom. The molecule has 20 heavy (non-hydrogen) atoms. The van der Waals surface area contributed by atoms with Crippen LogP contribution < -0.4 is 0 Å². The molecule has 0 aliphatic rings. The summed E-state index contributed by atoms with van der Waals surface area (Å²) in [5.41, 5.74) is 2.74. The molecule has 0 aromatic heterocycles. The van der Waals surface area contributed by atoms with Crippen LogP contribution in [0.15, 0.2) is 50.7 Å². The topological polar surface area (TPSA) is 0 Å². The zero-order chi connectivity index (χ0) is 14.9. The summed E-state index contributed by atoms with van der Waals surface area (Å²) in [7, 11) is 0. The fourth-order valence-electron chi connectivity index (χ4n) is 1.92. The van der Waals surface area contributed by atoms with Crippen LogP contribution in [0.1, 0.15) is 31.9 Å². The highest BCUT2D eigenvalue weighted by Gasteiger charge is 2.13. The monoisotopic (exact) mass is 368 g/mol. The van der Waals surface area contributed by atoms with Crippen LogP contribution in [0.4, 0.5) is 0 Å². The first-order valence-corrected chi connectivity index (χ1v) is 8.50. The molecule has 0 radical (unpaired) electrons. The minimum Gasteiger partial charge on any atom is -0.0885 e. The molecule has 2 aromatic carbocycles. The zero-order valence-electron chi connectivity index (χ0n) is 12.1. The van der Waals surface area contributed by atoms with Gasteiger partial charge < -0.3 is 0 Å². The molecule has 0 fully saturated rings. The highest BCUT2D eigenvalue weighted by atomic mass is 79.9. The molecule has 3 heteroatoms. The van der Waals surface area contributed by atoms with E-state index in [1.165, 1.54) is 16.0 Å². The number of rotatable bonds is 2. The van der Waals surface area contributed by atoms with Gasteiger partial charge in [0.2, 0.25) is 0 Å². The Morgan fingerprint density at radius 3 is 2.20 bits per heavy atom. The molecule has 106 valence electrons. The Hall–Kier alpha value is -0.440. The number of hydrogen-bond acceptors (Lipinski definition) is 1. The first-order valence-electron chi connectivity index (χ1n) is 6.51. The Labute approximate surface area is 139 Å². The van der Waals surface area contributed by atoms with Crippen molar-refractivity contribution in [3.05, 3.63) is 57.0 Å². The van der Waals surface area contributed by atoms with E-state index in [1.807, 2.05) is 6.07 Å². The number of benzene rings is 2. The maximum atomic E-state index is 6.35. The second-order valence-electron chi connectivity index (χ2n) is 5.94. The average Bonchev–Trinajstić information content (AvgIpc) is 2.35. The van der Waals surface area contributed by atoms with E-state index in [9.17, 15) is 0 Å². The highest BCUT2D eigenvalue weighted by Crippen LogP contribution is 2.38. The summed E-state index contributed by atoms with van der Waals surface area (Å²) in [6.45, 7) is 8.75. The number of aryl methyl sites for hydroxylation is 1. The van der Waals surface area contributed by atoms with Crippen LogP contribution in [-0.4, -0.2) is 0 Å². The van der Waals surface area contributed by atoms with Gasteiger partial charge in [0.05, 0.1) is 5.02 Å². The van der Waals surface area contributed by atoms with Gasteiger partial charge in [-0.05, 0) is 63.7 Å². The molecule has 2 rings (SSSR count).